The highest BCUT2D eigenvalue weighted by atomic mass is 127. The van der Waals surface area contributed by atoms with Gasteiger partial charge in [-0.2, -0.15) is 0 Å². The number of hydrogen-bond donors (Lipinski definition) is 1. The van der Waals surface area contributed by atoms with Crippen LogP contribution in [0.2, 0.25) is 5.02 Å². The van der Waals surface area contributed by atoms with E-state index in [1.807, 2.05) is 10.6 Å². The highest BCUT2D eigenvalue weighted by Crippen LogP contribution is 2.26. The molecule has 200 valence electrons. The quantitative estimate of drug-likeness (QED) is 0.277. The van der Waals surface area contributed by atoms with Gasteiger partial charge in [0, 0.05) is 49.5 Å². The van der Waals surface area contributed by atoms with Crippen molar-refractivity contribution in [1.29, 1.82) is 0 Å². The van der Waals surface area contributed by atoms with Crippen LogP contribution in [0.1, 0.15) is 47.1 Å². The van der Waals surface area contributed by atoms with Crippen LogP contribution in [0.15, 0.2) is 24.4 Å². The molecule has 0 aliphatic carbocycles. The molecule has 0 radical (unpaired) electrons. The lowest BCUT2D eigenvalue weighted by Crippen LogP contribution is -2.58. The molecule has 2 unspecified atom stereocenters. The maximum atomic E-state index is 14.1. The van der Waals surface area contributed by atoms with Gasteiger partial charge < -0.3 is 9.47 Å². The molecule has 2 fully saturated rings. The van der Waals surface area contributed by atoms with Gasteiger partial charge in [0.2, 0.25) is 0 Å². The average Bonchev–Trinajstić information content (AvgIpc) is 3.43. The molecule has 2 aliphatic rings. The van der Waals surface area contributed by atoms with Crippen molar-refractivity contribution in [1.82, 2.24) is 24.5 Å². The summed E-state index contributed by atoms with van der Waals surface area (Å²) in [6.07, 6.45) is 5.06. The summed E-state index contributed by atoms with van der Waals surface area (Å²) in [6, 6.07) is 4.70. The zero-order chi connectivity index (χ0) is 25.9. The fourth-order valence-corrected chi connectivity index (χ4v) is 6.71. The predicted octanol–water partition coefficient (Wildman–Crippen LogP) is 4.73. The van der Waals surface area contributed by atoms with Crippen molar-refractivity contribution in [2.45, 2.75) is 51.7 Å². The first-order valence-electron chi connectivity index (χ1n) is 12.5. The smallest absolute Gasteiger partial charge is 0.349 e. The zero-order valence-corrected chi connectivity index (χ0v) is 24.3. The Balaban J connectivity index is 1.11. The van der Waals surface area contributed by atoms with Gasteiger partial charge in [-0.25, -0.2) is 14.2 Å². The van der Waals surface area contributed by atoms with Gasteiger partial charge in [-0.1, -0.05) is 29.0 Å². The van der Waals surface area contributed by atoms with Crippen LogP contribution in [-0.2, 0) is 22.6 Å². The number of piperidine rings is 1. The van der Waals surface area contributed by atoms with Crippen LogP contribution in [0.5, 0.6) is 0 Å². The van der Waals surface area contributed by atoms with Gasteiger partial charge in [0.1, 0.15) is 20.6 Å². The minimum absolute atomic E-state index is 0.0913. The van der Waals surface area contributed by atoms with E-state index in [2.05, 4.69) is 37.7 Å². The van der Waals surface area contributed by atoms with E-state index in [0.717, 1.165) is 66.3 Å². The number of hydrogen-bond acceptors (Lipinski definition) is 8. The zero-order valence-electron chi connectivity index (χ0n) is 20.6. The first-order chi connectivity index (χ1) is 17.9. The van der Waals surface area contributed by atoms with Gasteiger partial charge in [0.25, 0.3) is 0 Å². The van der Waals surface area contributed by atoms with Crippen molar-refractivity contribution in [3.63, 3.8) is 0 Å². The lowest BCUT2D eigenvalue weighted by Gasteiger charge is -2.42. The number of imidazole rings is 1. The van der Waals surface area contributed by atoms with Crippen molar-refractivity contribution in [2.24, 2.45) is 0 Å². The number of halogens is 3. The average molecular weight is 662 g/mol. The van der Waals surface area contributed by atoms with E-state index < -0.39 is 0 Å². The van der Waals surface area contributed by atoms with Crippen molar-refractivity contribution in [2.75, 3.05) is 32.8 Å². The van der Waals surface area contributed by atoms with Crippen LogP contribution >= 0.6 is 45.5 Å². The van der Waals surface area contributed by atoms with Crippen molar-refractivity contribution in [3.8, 4) is 0 Å². The molecule has 8 nitrogen and oxygen atoms in total. The molecule has 4 heterocycles. The summed E-state index contributed by atoms with van der Waals surface area (Å²) in [5, 5.41) is 4.01. The van der Waals surface area contributed by atoms with Crippen LogP contribution < -0.4 is 5.32 Å². The van der Waals surface area contributed by atoms with E-state index in [-0.39, 0.29) is 30.8 Å². The van der Waals surface area contributed by atoms with E-state index in [1.165, 1.54) is 17.4 Å². The molecular formula is C25H30ClFIN5O3S. The molecule has 3 aromatic rings. The molecule has 0 amide bonds. The number of carbonyl (C=O) groups excluding carboxylic acids is 1. The molecule has 0 saturated carbocycles. The van der Waals surface area contributed by atoms with Crippen LogP contribution in [0.4, 0.5) is 4.39 Å². The minimum atomic E-state index is -0.331. The Morgan fingerprint density at radius 3 is 2.84 bits per heavy atom. The van der Waals surface area contributed by atoms with E-state index >= 15 is 0 Å². The molecule has 1 N–H and O–H groups in total. The number of ether oxygens (including phenoxy) is 2. The standard InChI is InChI=1S/C25H30ClFIN5O3S/c1-2-35-24(34)20-14-33-23(28)19(29-25(33)37-20)13-31-8-10-32(11-9-31)21-4-3-5-22(30-21)36-15-16-6-7-17(26)12-18(16)27/h6-7,12,14,21-22,30H,2-5,8-11,13,15H2,1H3. The second kappa shape index (κ2) is 12.2. The monoisotopic (exact) mass is 661 g/mol. The van der Waals surface area contributed by atoms with Crippen molar-refractivity contribution in [3.05, 3.63) is 55.1 Å². The summed E-state index contributed by atoms with van der Waals surface area (Å²) >= 11 is 9.52. The number of carbonyl (C=O) groups is 1. The van der Waals surface area contributed by atoms with Crippen LogP contribution in [0.25, 0.3) is 4.96 Å². The molecule has 2 saturated heterocycles. The molecule has 37 heavy (non-hydrogen) atoms. The molecule has 2 atom stereocenters. The summed E-state index contributed by atoms with van der Waals surface area (Å²) < 4.78 is 28.2. The normalized spacial score (nSPS) is 21.5. The Kier molecular flexibility index (Phi) is 9.00. The maximum Gasteiger partial charge on any atom is 0.349 e. The topological polar surface area (TPSA) is 71.3 Å². The van der Waals surface area contributed by atoms with Gasteiger partial charge >= 0.3 is 5.97 Å². The van der Waals surface area contributed by atoms with Gasteiger partial charge in [-0.05, 0) is 60.9 Å². The van der Waals surface area contributed by atoms with Gasteiger partial charge in [0.15, 0.2) is 4.96 Å². The Morgan fingerprint density at radius 1 is 1.30 bits per heavy atom. The Labute approximate surface area is 238 Å². The molecule has 5 rings (SSSR count). The first-order valence-corrected chi connectivity index (χ1v) is 14.8. The number of piperazine rings is 1. The van der Waals surface area contributed by atoms with Crippen LogP contribution in [0, 0.1) is 9.52 Å². The number of fused-ring (bicyclic) bond motifs is 1. The second-order valence-electron chi connectivity index (χ2n) is 9.28. The Morgan fingerprint density at radius 2 is 2.11 bits per heavy atom. The number of benzene rings is 1. The number of rotatable bonds is 8. The van der Waals surface area contributed by atoms with Crippen molar-refractivity contribution < 1.29 is 18.7 Å². The third-order valence-electron chi connectivity index (χ3n) is 6.81. The SMILES string of the molecule is CCOC(=O)c1cn2c(I)c(CN3CCN(C4CCCC(OCc5ccc(Cl)cc5F)N4)CC3)nc2s1. The number of esters is 1. The number of nitrogens with one attached hydrogen (secondary N) is 1. The fraction of sp³-hybridized carbons (Fsp3) is 0.520. The number of nitrogens with zero attached hydrogens (tertiary/aromatic N) is 4. The third-order valence-corrected chi connectivity index (χ3v) is 9.15. The van der Waals surface area contributed by atoms with Crippen molar-refractivity contribution >= 4 is 56.5 Å². The summed E-state index contributed by atoms with van der Waals surface area (Å²) in [6.45, 7) is 7.00. The van der Waals surface area contributed by atoms with E-state index in [1.54, 1.807) is 19.1 Å². The van der Waals surface area contributed by atoms with Gasteiger partial charge in [0.05, 0.1) is 25.1 Å². The number of thiazole rings is 1. The van der Waals surface area contributed by atoms with Gasteiger partial charge in [-0.3, -0.25) is 19.5 Å². The molecule has 2 aliphatic heterocycles. The summed E-state index contributed by atoms with van der Waals surface area (Å²) in [5.74, 6) is -0.629. The Bertz CT molecular complexity index is 1250. The summed E-state index contributed by atoms with van der Waals surface area (Å²) in [5.41, 5.74) is 1.56. The molecule has 1 aromatic carbocycles. The van der Waals surface area contributed by atoms with E-state index in [4.69, 9.17) is 26.1 Å². The second-order valence-corrected chi connectivity index (χ2v) is 11.7. The summed E-state index contributed by atoms with van der Waals surface area (Å²) in [4.78, 5) is 23.1. The molecule has 0 bridgehead atoms. The third kappa shape index (κ3) is 6.45. The van der Waals surface area contributed by atoms with Gasteiger partial charge in [-0.15, -0.1) is 0 Å². The maximum absolute atomic E-state index is 14.1. The molecule has 0 spiro atoms. The lowest BCUT2D eigenvalue weighted by molar-refractivity contribution is -0.0458. The summed E-state index contributed by atoms with van der Waals surface area (Å²) in [7, 11) is 0. The van der Waals surface area contributed by atoms with Crippen LogP contribution in [-0.4, -0.2) is 70.3 Å². The predicted molar refractivity (Wildman–Crippen MR) is 149 cm³/mol. The highest BCUT2D eigenvalue weighted by Gasteiger charge is 2.29. The van der Waals surface area contributed by atoms with Crippen LogP contribution in [0.3, 0.4) is 0 Å². The Hall–Kier alpha value is -1.35. The molecule has 2 aromatic heterocycles. The van der Waals surface area contributed by atoms with E-state index in [9.17, 15) is 9.18 Å². The molecular weight excluding hydrogens is 632 g/mol. The molecule has 12 heteroatoms. The minimum Gasteiger partial charge on any atom is -0.462 e. The van der Waals surface area contributed by atoms with E-state index in [0.29, 0.717) is 22.1 Å². The largest absolute Gasteiger partial charge is 0.462 e. The first kappa shape index (κ1) is 27.2. The number of aromatic nitrogens is 2. The lowest BCUT2D eigenvalue weighted by atomic mass is 10.1. The highest BCUT2D eigenvalue weighted by molar-refractivity contribution is 14.1. The fourth-order valence-electron chi connectivity index (χ4n) is 4.83.